The zero-order chi connectivity index (χ0) is 13.5. The molecule has 17 heavy (non-hydrogen) atoms. The van der Waals surface area contributed by atoms with Crippen LogP contribution in [-0.2, 0) is 9.84 Å². The van der Waals surface area contributed by atoms with E-state index in [1.54, 1.807) is 12.1 Å². The SMILES string of the molecule is CC.CCOc1ccc(OC)c(S(C)(=O)=O)c1. The molecule has 0 unspecified atom stereocenters. The fraction of sp³-hybridized carbons (Fsp3) is 0.500. The van der Waals surface area contributed by atoms with Crippen molar-refractivity contribution < 1.29 is 17.9 Å². The number of hydrogen-bond acceptors (Lipinski definition) is 4. The molecule has 98 valence electrons. The molecule has 0 aliphatic heterocycles. The number of ether oxygens (including phenoxy) is 2. The Hall–Kier alpha value is -1.23. The molecule has 0 aliphatic carbocycles. The van der Waals surface area contributed by atoms with E-state index in [1.807, 2.05) is 20.8 Å². The van der Waals surface area contributed by atoms with Crippen molar-refractivity contribution in [2.45, 2.75) is 25.7 Å². The molecule has 4 nitrogen and oxygen atoms in total. The van der Waals surface area contributed by atoms with Crippen LogP contribution in [0.15, 0.2) is 23.1 Å². The smallest absolute Gasteiger partial charge is 0.179 e. The average Bonchev–Trinajstić information content (AvgIpc) is 2.31. The highest BCUT2D eigenvalue weighted by molar-refractivity contribution is 7.90. The second-order valence-corrected chi connectivity index (χ2v) is 5.00. The Kier molecular flexibility index (Phi) is 6.65. The van der Waals surface area contributed by atoms with Crippen LogP contribution in [0.4, 0.5) is 0 Å². The fourth-order valence-corrected chi connectivity index (χ4v) is 2.05. The first-order chi connectivity index (χ1) is 7.99. The highest BCUT2D eigenvalue weighted by Gasteiger charge is 2.15. The van der Waals surface area contributed by atoms with Gasteiger partial charge < -0.3 is 9.47 Å². The van der Waals surface area contributed by atoms with Crippen molar-refractivity contribution in [2.75, 3.05) is 20.0 Å². The molecule has 1 aromatic carbocycles. The topological polar surface area (TPSA) is 52.6 Å². The second kappa shape index (κ2) is 7.17. The molecule has 0 aromatic heterocycles. The van der Waals surface area contributed by atoms with Gasteiger partial charge in [0.1, 0.15) is 16.4 Å². The number of methoxy groups -OCH3 is 1. The molecular formula is C12H20O4S. The molecule has 5 heteroatoms. The first kappa shape index (κ1) is 15.8. The van der Waals surface area contributed by atoms with Gasteiger partial charge in [-0.3, -0.25) is 0 Å². The summed E-state index contributed by atoms with van der Waals surface area (Å²) in [7, 11) is -1.86. The number of sulfone groups is 1. The standard InChI is InChI=1S/C10H14O4S.C2H6/c1-4-14-8-5-6-9(13-2)10(7-8)15(3,11)12;1-2/h5-7H,4H2,1-3H3;1-2H3. The Balaban J connectivity index is 0.00000121. The Labute approximate surface area is 103 Å². The van der Waals surface area contributed by atoms with E-state index >= 15 is 0 Å². The van der Waals surface area contributed by atoms with Gasteiger partial charge in [0, 0.05) is 12.3 Å². The first-order valence-corrected chi connectivity index (χ1v) is 7.39. The predicted molar refractivity (Wildman–Crippen MR) is 68.6 cm³/mol. The quantitative estimate of drug-likeness (QED) is 0.834. The van der Waals surface area contributed by atoms with Crippen LogP contribution in [0.3, 0.4) is 0 Å². The first-order valence-electron chi connectivity index (χ1n) is 5.50. The predicted octanol–water partition coefficient (Wildman–Crippen LogP) is 2.52. The summed E-state index contributed by atoms with van der Waals surface area (Å²) in [6, 6.07) is 4.73. The molecule has 0 saturated heterocycles. The van der Waals surface area contributed by atoms with Crippen molar-refractivity contribution in [2.24, 2.45) is 0 Å². The van der Waals surface area contributed by atoms with Gasteiger partial charge in [-0.05, 0) is 19.1 Å². The summed E-state index contributed by atoms with van der Waals surface area (Å²) in [4.78, 5) is 0.149. The van der Waals surface area contributed by atoms with E-state index in [9.17, 15) is 8.42 Å². The van der Waals surface area contributed by atoms with Crippen LogP contribution >= 0.6 is 0 Å². The van der Waals surface area contributed by atoms with Crippen LogP contribution in [-0.4, -0.2) is 28.4 Å². The van der Waals surface area contributed by atoms with Gasteiger partial charge in [-0.25, -0.2) is 8.42 Å². The minimum Gasteiger partial charge on any atom is -0.495 e. The van der Waals surface area contributed by atoms with E-state index in [2.05, 4.69) is 0 Å². The minimum absolute atomic E-state index is 0.149. The van der Waals surface area contributed by atoms with Gasteiger partial charge in [-0.15, -0.1) is 0 Å². The Bertz CT molecular complexity index is 438. The monoisotopic (exact) mass is 260 g/mol. The molecule has 0 spiro atoms. The lowest BCUT2D eigenvalue weighted by molar-refractivity contribution is 0.337. The van der Waals surface area contributed by atoms with Gasteiger partial charge in [0.25, 0.3) is 0 Å². The summed E-state index contributed by atoms with van der Waals surface area (Å²) >= 11 is 0. The van der Waals surface area contributed by atoms with Crippen LogP contribution in [0.25, 0.3) is 0 Å². The van der Waals surface area contributed by atoms with Crippen molar-refractivity contribution in [1.82, 2.24) is 0 Å². The van der Waals surface area contributed by atoms with Crippen LogP contribution in [0.5, 0.6) is 11.5 Å². The summed E-state index contributed by atoms with van der Waals surface area (Å²) < 4.78 is 33.1. The molecule has 0 saturated carbocycles. The van der Waals surface area contributed by atoms with E-state index in [-0.39, 0.29) is 4.90 Å². The average molecular weight is 260 g/mol. The molecule has 1 rings (SSSR count). The van der Waals surface area contributed by atoms with Gasteiger partial charge in [0.2, 0.25) is 0 Å². The van der Waals surface area contributed by atoms with Crippen molar-refractivity contribution in [3.63, 3.8) is 0 Å². The van der Waals surface area contributed by atoms with E-state index in [0.717, 1.165) is 6.26 Å². The maximum atomic E-state index is 11.4. The maximum absolute atomic E-state index is 11.4. The molecule has 0 aliphatic rings. The largest absolute Gasteiger partial charge is 0.495 e. The van der Waals surface area contributed by atoms with Gasteiger partial charge in [0.15, 0.2) is 9.84 Å². The van der Waals surface area contributed by atoms with E-state index in [4.69, 9.17) is 9.47 Å². The summed E-state index contributed by atoms with van der Waals surface area (Å²) in [6.07, 6.45) is 1.14. The lowest BCUT2D eigenvalue weighted by Crippen LogP contribution is -2.02. The number of benzene rings is 1. The Morgan fingerprint density at radius 2 is 1.82 bits per heavy atom. The van der Waals surface area contributed by atoms with Crippen LogP contribution in [0, 0.1) is 0 Å². The lowest BCUT2D eigenvalue weighted by Gasteiger charge is -2.09. The third-order valence-corrected chi connectivity index (χ3v) is 2.96. The second-order valence-electron chi connectivity index (χ2n) is 3.02. The van der Waals surface area contributed by atoms with E-state index < -0.39 is 9.84 Å². The van der Waals surface area contributed by atoms with Crippen LogP contribution in [0.1, 0.15) is 20.8 Å². The highest BCUT2D eigenvalue weighted by atomic mass is 32.2. The van der Waals surface area contributed by atoms with Gasteiger partial charge in [-0.1, -0.05) is 13.8 Å². The Morgan fingerprint density at radius 3 is 2.24 bits per heavy atom. The van der Waals surface area contributed by atoms with Crippen LogP contribution in [0.2, 0.25) is 0 Å². The van der Waals surface area contributed by atoms with E-state index in [1.165, 1.54) is 13.2 Å². The van der Waals surface area contributed by atoms with Crippen molar-refractivity contribution >= 4 is 9.84 Å². The molecule has 0 amide bonds. The third kappa shape index (κ3) is 4.65. The summed E-state index contributed by atoms with van der Waals surface area (Å²) in [5.74, 6) is 0.861. The normalized spacial score (nSPS) is 10.2. The zero-order valence-electron chi connectivity index (χ0n) is 11.0. The Morgan fingerprint density at radius 1 is 1.24 bits per heavy atom. The number of rotatable bonds is 4. The molecule has 0 atom stereocenters. The zero-order valence-corrected chi connectivity index (χ0v) is 11.8. The molecule has 0 bridgehead atoms. The van der Waals surface area contributed by atoms with Gasteiger partial charge in [-0.2, -0.15) is 0 Å². The fourth-order valence-electron chi connectivity index (χ4n) is 1.20. The lowest BCUT2D eigenvalue weighted by atomic mass is 10.3. The molecule has 1 aromatic rings. The minimum atomic E-state index is -3.29. The van der Waals surface area contributed by atoms with Crippen molar-refractivity contribution in [3.05, 3.63) is 18.2 Å². The maximum Gasteiger partial charge on any atom is 0.179 e. The van der Waals surface area contributed by atoms with Gasteiger partial charge >= 0.3 is 0 Å². The molecule has 0 radical (unpaired) electrons. The molecule has 0 heterocycles. The van der Waals surface area contributed by atoms with Gasteiger partial charge in [0.05, 0.1) is 13.7 Å². The van der Waals surface area contributed by atoms with Crippen molar-refractivity contribution in [3.8, 4) is 11.5 Å². The molecule has 0 N–H and O–H groups in total. The molecule has 0 fully saturated rings. The van der Waals surface area contributed by atoms with Crippen LogP contribution < -0.4 is 9.47 Å². The van der Waals surface area contributed by atoms with E-state index in [0.29, 0.717) is 18.1 Å². The number of hydrogen-bond donors (Lipinski definition) is 0. The third-order valence-electron chi connectivity index (χ3n) is 1.85. The summed E-state index contributed by atoms with van der Waals surface area (Å²) in [5, 5.41) is 0. The summed E-state index contributed by atoms with van der Waals surface area (Å²) in [5.41, 5.74) is 0. The van der Waals surface area contributed by atoms with Crippen molar-refractivity contribution in [1.29, 1.82) is 0 Å². The molecular weight excluding hydrogens is 240 g/mol. The highest BCUT2D eigenvalue weighted by Crippen LogP contribution is 2.27. The summed E-state index contributed by atoms with van der Waals surface area (Å²) in [6.45, 7) is 6.33.